The largest absolute Gasteiger partial charge is 0.397 e. The average molecular weight is 281 g/mol. The van der Waals surface area contributed by atoms with E-state index in [1.807, 2.05) is 0 Å². The van der Waals surface area contributed by atoms with Gasteiger partial charge in [0.1, 0.15) is 0 Å². The Hall–Kier alpha value is -2.06. The average Bonchev–Trinajstić information content (AvgIpc) is 2.77. The lowest BCUT2D eigenvalue weighted by Crippen LogP contribution is -2.18. The molecular weight excluding hydrogens is 266 g/mol. The van der Waals surface area contributed by atoms with Crippen molar-refractivity contribution in [2.45, 2.75) is 4.90 Å². The molecule has 1 aromatic heterocycles. The molecule has 0 bridgehead atoms. The Balaban J connectivity index is 2.30. The number of aryl methyl sites for hydroxylation is 1. The molecule has 0 fully saturated rings. The van der Waals surface area contributed by atoms with Gasteiger partial charge in [0.2, 0.25) is 10.0 Å². The van der Waals surface area contributed by atoms with Crippen molar-refractivity contribution in [3.63, 3.8) is 0 Å². The third-order valence-electron chi connectivity index (χ3n) is 2.58. The maximum Gasteiger partial charge on any atom is 0.240 e. The van der Waals surface area contributed by atoms with E-state index in [1.54, 1.807) is 30.1 Å². The number of rotatable bonds is 4. The first-order valence-electron chi connectivity index (χ1n) is 5.52. The summed E-state index contributed by atoms with van der Waals surface area (Å²) in [6.45, 7) is 0. The van der Waals surface area contributed by atoms with Gasteiger partial charge in [0, 0.05) is 19.3 Å². The van der Waals surface area contributed by atoms with Crippen LogP contribution >= 0.6 is 0 Å². The summed E-state index contributed by atoms with van der Waals surface area (Å²) in [6, 6.07) is 6.27. The van der Waals surface area contributed by atoms with E-state index in [0.29, 0.717) is 17.2 Å². The van der Waals surface area contributed by atoms with Gasteiger partial charge in [-0.3, -0.25) is 4.68 Å². The molecule has 0 amide bonds. The summed E-state index contributed by atoms with van der Waals surface area (Å²) in [7, 11) is -0.328. The molecule has 1 heterocycles. The van der Waals surface area contributed by atoms with Gasteiger partial charge in [-0.25, -0.2) is 13.1 Å². The van der Waals surface area contributed by atoms with E-state index in [2.05, 4.69) is 15.1 Å². The summed E-state index contributed by atoms with van der Waals surface area (Å²) in [4.78, 5) is 0.124. The van der Waals surface area contributed by atoms with E-state index in [9.17, 15) is 8.42 Å². The lowest BCUT2D eigenvalue weighted by atomic mass is 10.2. The maximum atomic E-state index is 11.6. The molecule has 2 rings (SSSR count). The molecule has 0 unspecified atom stereocenters. The van der Waals surface area contributed by atoms with Crippen LogP contribution in [-0.4, -0.2) is 25.2 Å². The summed E-state index contributed by atoms with van der Waals surface area (Å²) in [5.41, 5.74) is 6.78. The Bertz CT molecular complexity index is 693. The normalized spacial score (nSPS) is 11.5. The first kappa shape index (κ1) is 13.4. The third kappa shape index (κ3) is 2.85. The molecule has 8 heteroatoms. The van der Waals surface area contributed by atoms with E-state index in [0.717, 1.165) is 0 Å². The number of nitrogens with one attached hydrogen (secondary N) is 2. The standard InChI is InChI=1S/C11H15N5O2S/c1-13-19(17,18)8-3-4-10(9(12)7-8)14-11-5-6-16(2)15-11/h3-7,13H,12H2,1-2H3,(H,14,15). The molecule has 0 saturated carbocycles. The van der Waals surface area contributed by atoms with Crippen LogP contribution in [0, 0.1) is 0 Å². The van der Waals surface area contributed by atoms with Crippen LogP contribution in [0.2, 0.25) is 0 Å². The van der Waals surface area contributed by atoms with Gasteiger partial charge in [0.25, 0.3) is 0 Å². The lowest BCUT2D eigenvalue weighted by Gasteiger charge is -2.09. The SMILES string of the molecule is CNS(=O)(=O)c1ccc(Nc2ccn(C)n2)c(N)c1. The first-order chi connectivity index (χ1) is 8.92. The van der Waals surface area contributed by atoms with Crippen LogP contribution in [0.4, 0.5) is 17.2 Å². The first-order valence-corrected chi connectivity index (χ1v) is 7.00. The maximum absolute atomic E-state index is 11.6. The molecule has 1 aromatic carbocycles. The van der Waals surface area contributed by atoms with Crippen molar-refractivity contribution >= 4 is 27.2 Å². The minimum absolute atomic E-state index is 0.124. The number of aromatic nitrogens is 2. The van der Waals surface area contributed by atoms with Crippen LogP contribution in [0.25, 0.3) is 0 Å². The van der Waals surface area contributed by atoms with E-state index in [1.165, 1.54) is 19.2 Å². The third-order valence-corrected chi connectivity index (χ3v) is 3.99. The van der Waals surface area contributed by atoms with Crippen LogP contribution < -0.4 is 15.8 Å². The second kappa shape index (κ2) is 4.90. The number of sulfonamides is 1. The zero-order valence-electron chi connectivity index (χ0n) is 10.6. The summed E-state index contributed by atoms with van der Waals surface area (Å²) in [5, 5.41) is 7.17. The smallest absolute Gasteiger partial charge is 0.240 e. The van der Waals surface area contributed by atoms with Crippen molar-refractivity contribution in [1.82, 2.24) is 14.5 Å². The molecule has 0 aliphatic carbocycles. The Morgan fingerprint density at radius 2 is 2.05 bits per heavy atom. The van der Waals surface area contributed by atoms with Gasteiger partial charge in [-0.05, 0) is 25.2 Å². The molecule has 0 saturated heterocycles. The molecule has 0 aliphatic heterocycles. The molecule has 0 radical (unpaired) electrons. The molecule has 0 atom stereocenters. The van der Waals surface area contributed by atoms with E-state index >= 15 is 0 Å². The summed E-state index contributed by atoms with van der Waals surface area (Å²) in [5.74, 6) is 0.637. The quantitative estimate of drug-likeness (QED) is 0.714. The van der Waals surface area contributed by atoms with Gasteiger partial charge in [0.05, 0.1) is 16.3 Å². The van der Waals surface area contributed by atoms with Crippen molar-refractivity contribution in [2.24, 2.45) is 7.05 Å². The highest BCUT2D eigenvalue weighted by atomic mass is 32.2. The number of hydrogen-bond acceptors (Lipinski definition) is 5. The van der Waals surface area contributed by atoms with Crippen molar-refractivity contribution in [2.75, 3.05) is 18.1 Å². The Morgan fingerprint density at radius 3 is 2.58 bits per heavy atom. The molecule has 4 N–H and O–H groups in total. The molecular formula is C11H15N5O2S. The highest BCUT2D eigenvalue weighted by Crippen LogP contribution is 2.25. The van der Waals surface area contributed by atoms with Crippen LogP contribution in [-0.2, 0) is 17.1 Å². The minimum atomic E-state index is -3.48. The van der Waals surface area contributed by atoms with Gasteiger partial charge in [0.15, 0.2) is 5.82 Å². The fourth-order valence-corrected chi connectivity index (χ4v) is 2.32. The van der Waals surface area contributed by atoms with Gasteiger partial charge in [-0.15, -0.1) is 0 Å². The topological polar surface area (TPSA) is 102 Å². The zero-order valence-corrected chi connectivity index (χ0v) is 11.4. The van der Waals surface area contributed by atoms with Crippen molar-refractivity contribution < 1.29 is 8.42 Å². The van der Waals surface area contributed by atoms with Gasteiger partial charge in [-0.2, -0.15) is 5.10 Å². The molecule has 7 nitrogen and oxygen atoms in total. The van der Waals surface area contributed by atoms with E-state index in [4.69, 9.17) is 5.73 Å². The van der Waals surface area contributed by atoms with Crippen LogP contribution in [0.1, 0.15) is 0 Å². The Morgan fingerprint density at radius 1 is 1.32 bits per heavy atom. The number of hydrogen-bond donors (Lipinski definition) is 3. The second-order valence-electron chi connectivity index (χ2n) is 3.96. The highest BCUT2D eigenvalue weighted by Gasteiger charge is 2.13. The molecule has 0 aliphatic rings. The van der Waals surface area contributed by atoms with Crippen LogP contribution in [0.5, 0.6) is 0 Å². The number of nitrogens with zero attached hydrogens (tertiary/aromatic N) is 2. The number of nitrogens with two attached hydrogens (primary N) is 1. The fraction of sp³-hybridized carbons (Fsp3) is 0.182. The van der Waals surface area contributed by atoms with E-state index < -0.39 is 10.0 Å². The van der Waals surface area contributed by atoms with E-state index in [-0.39, 0.29) is 4.90 Å². The Kier molecular flexibility index (Phi) is 3.45. The monoisotopic (exact) mass is 281 g/mol. The molecule has 19 heavy (non-hydrogen) atoms. The van der Waals surface area contributed by atoms with Gasteiger partial charge in [-0.1, -0.05) is 0 Å². The number of benzene rings is 1. The summed E-state index contributed by atoms with van der Waals surface area (Å²) < 4.78 is 27.1. The fourth-order valence-electron chi connectivity index (χ4n) is 1.56. The minimum Gasteiger partial charge on any atom is -0.397 e. The highest BCUT2D eigenvalue weighted by molar-refractivity contribution is 7.89. The second-order valence-corrected chi connectivity index (χ2v) is 5.84. The molecule has 2 aromatic rings. The summed E-state index contributed by atoms with van der Waals surface area (Å²) in [6.07, 6.45) is 1.79. The summed E-state index contributed by atoms with van der Waals surface area (Å²) >= 11 is 0. The zero-order chi connectivity index (χ0) is 14.0. The molecule has 0 spiro atoms. The van der Waals surface area contributed by atoms with Crippen LogP contribution in [0.15, 0.2) is 35.4 Å². The van der Waals surface area contributed by atoms with Gasteiger partial charge >= 0.3 is 0 Å². The predicted molar refractivity (Wildman–Crippen MR) is 73.6 cm³/mol. The Labute approximate surface area is 111 Å². The number of nitrogen functional groups attached to an aromatic ring is 1. The van der Waals surface area contributed by atoms with Crippen molar-refractivity contribution in [3.05, 3.63) is 30.5 Å². The lowest BCUT2D eigenvalue weighted by molar-refractivity contribution is 0.588. The van der Waals surface area contributed by atoms with Crippen LogP contribution in [0.3, 0.4) is 0 Å². The van der Waals surface area contributed by atoms with Crippen molar-refractivity contribution in [3.8, 4) is 0 Å². The number of anilines is 3. The van der Waals surface area contributed by atoms with Gasteiger partial charge < -0.3 is 11.1 Å². The predicted octanol–water partition coefficient (Wildman–Crippen LogP) is 0.654. The molecule has 102 valence electrons. The van der Waals surface area contributed by atoms with Crippen molar-refractivity contribution in [1.29, 1.82) is 0 Å².